The van der Waals surface area contributed by atoms with Crippen molar-refractivity contribution < 1.29 is 14.3 Å². The summed E-state index contributed by atoms with van der Waals surface area (Å²) < 4.78 is 10.1. The fourth-order valence-electron chi connectivity index (χ4n) is 1.33. The van der Waals surface area contributed by atoms with E-state index >= 15 is 0 Å². The van der Waals surface area contributed by atoms with Crippen molar-refractivity contribution in [2.45, 2.75) is 45.6 Å². The van der Waals surface area contributed by atoms with Gasteiger partial charge in [0, 0.05) is 19.1 Å². The maximum Gasteiger partial charge on any atom is 0.333 e. The molecular weight excluding hydrogens is 192 g/mol. The van der Waals surface area contributed by atoms with Gasteiger partial charge in [0.05, 0.1) is 12.7 Å². The van der Waals surface area contributed by atoms with Crippen LogP contribution < -0.4 is 0 Å². The maximum absolute atomic E-state index is 11.3. The van der Waals surface area contributed by atoms with Gasteiger partial charge in [0.15, 0.2) is 0 Å². The van der Waals surface area contributed by atoms with E-state index in [4.69, 9.17) is 9.47 Å². The molecule has 0 amide bonds. The molecule has 0 saturated heterocycles. The van der Waals surface area contributed by atoms with E-state index in [-0.39, 0.29) is 12.1 Å². The third-order valence-electron chi connectivity index (χ3n) is 2.25. The Hall–Kier alpha value is -0.830. The average molecular weight is 214 g/mol. The highest BCUT2D eigenvalue weighted by Crippen LogP contribution is 2.13. The van der Waals surface area contributed by atoms with E-state index in [0.29, 0.717) is 18.6 Å². The molecule has 1 unspecified atom stereocenters. The topological polar surface area (TPSA) is 35.5 Å². The normalized spacial score (nSPS) is 12.2. The summed E-state index contributed by atoms with van der Waals surface area (Å²) in [6, 6.07) is 0. The molecule has 0 saturated carbocycles. The lowest BCUT2D eigenvalue weighted by molar-refractivity contribution is -0.139. The molecule has 1 atom stereocenters. The number of carbonyl (C=O) groups excluding carboxylic acids is 1. The van der Waals surface area contributed by atoms with Gasteiger partial charge in [-0.1, -0.05) is 26.3 Å². The molecule has 0 bridgehead atoms. The fourth-order valence-corrected chi connectivity index (χ4v) is 1.33. The monoisotopic (exact) mass is 214 g/mol. The molecular formula is C12H22O3. The molecule has 0 N–H and O–H groups in total. The van der Waals surface area contributed by atoms with Gasteiger partial charge in [-0.25, -0.2) is 4.79 Å². The van der Waals surface area contributed by atoms with Crippen LogP contribution in [0.25, 0.3) is 0 Å². The number of carbonyl (C=O) groups is 1. The minimum absolute atomic E-state index is 0.0851. The van der Waals surface area contributed by atoms with E-state index in [1.54, 1.807) is 14.0 Å². The molecule has 0 fully saturated rings. The zero-order valence-corrected chi connectivity index (χ0v) is 10.0. The zero-order valence-electron chi connectivity index (χ0n) is 10.0. The highest BCUT2D eigenvalue weighted by molar-refractivity contribution is 5.87. The smallest absolute Gasteiger partial charge is 0.333 e. The number of methoxy groups -OCH3 is 1. The highest BCUT2D eigenvalue weighted by Gasteiger charge is 2.14. The second-order valence-corrected chi connectivity index (χ2v) is 3.53. The molecule has 0 radical (unpaired) electrons. The van der Waals surface area contributed by atoms with Gasteiger partial charge in [0.1, 0.15) is 0 Å². The average Bonchev–Trinajstić information content (AvgIpc) is 2.24. The molecule has 15 heavy (non-hydrogen) atoms. The van der Waals surface area contributed by atoms with Gasteiger partial charge in [0.25, 0.3) is 0 Å². The van der Waals surface area contributed by atoms with Gasteiger partial charge in [-0.05, 0) is 13.3 Å². The molecule has 0 rings (SSSR count). The van der Waals surface area contributed by atoms with Crippen molar-refractivity contribution in [1.29, 1.82) is 0 Å². The summed E-state index contributed by atoms with van der Waals surface area (Å²) in [7, 11) is 1.67. The number of hydrogen-bond acceptors (Lipinski definition) is 3. The lowest BCUT2D eigenvalue weighted by atomic mass is 10.0. The quantitative estimate of drug-likeness (QED) is 0.460. The molecule has 0 aliphatic carbocycles. The Morgan fingerprint density at radius 1 is 1.40 bits per heavy atom. The van der Waals surface area contributed by atoms with Crippen LogP contribution in [0.3, 0.4) is 0 Å². The van der Waals surface area contributed by atoms with Crippen molar-refractivity contribution in [2.75, 3.05) is 13.7 Å². The molecule has 0 aromatic heterocycles. The van der Waals surface area contributed by atoms with Crippen LogP contribution in [0, 0.1) is 0 Å². The first-order chi connectivity index (χ1) is 7.15. The first-order valence-electron chi connectivity index (χ1n) is 5.53. The lowest BCUT2D eigenvalue weighted by Crippen LogP contribution is -2.16. The summed E-state index contributed by atoms with van der Waals surface area (Å²) in [6.45, 7) is 8.03. The Kier molecular flexibility index (Phi) is 8.01. The Bertz CT molecular complexity index is 199. The summed E-state index contributed by atoms with van der Waals surface area (Å²) in [5, 5.41) is 0. The van der Waals surface area contributed by atoms with Crippen LogP contribution in [-0.2, 0) is 14.3 Å². The van der Waals surface area contributed by atoms with Gasteiger partial charge in [-0.3, -0.25) is 0 Å². The zero-order chi connectivity index (χ0) is 11.7. The van der Waals surface area contributed by atoms with Gasteiger partial charge in [0.2, 0.25) is 0 Å². The summed E-state index contributed by atoms with van der Waals surface area (Å²) in [6.07, 6.45) is 3.85. The summed E-state index contributed by atoms with van der Waals surface area (Å²) in [4.78, 5) is 11.3. The van der Waals surface area contributed by atoms with Crippen molar-refractivity contribution in [1.82, 2.24) is 0 Å². The standard InChI is InChI=1S/C12H22O3/c1-5-7-8-11(14-4)9-10(3)12(13)15-6-2/h11H,3,5-9H2,1-2,4H3. The van der Waals surface area contributed by atoms with E-state index in [2.05, 4.69) is 13.5 Å². The summed E-state index contributed by atoms with van der Waals surface area (Å²) in [5.41, 5.74) is 0.500. The predicted molar refractivity (Wildman–Crippen MR) is 60.7 cm³/mol. The highest BCUT2D eigenvalue weighted by atomic mass is 16.5. The molecule has 0 aliphatic rings. The predicted octanol–water partition coefficient (Wildman–Crippen LogP) is 2.70. The van der Waals surface area contributed by atoms with E-state index < -0.39 is 0 Å². The van der Waals surface area contributed by atoms with Crippen LogP contribution in [0.15, 0.2) is 12.2 Å². The van der Waals surface area contributed by atoms with E-state index in [0.717, 1.165) is 19.3 Å². The maximum atomic E-state index is 11.3. The van der Waals surface area contributed by atoms with Gasteiger partial charge in [-0.2, -0.15) is 0 Å². The fraction of sp³-hybridized carbons (Fsp3) is 0.750. The largest absolute Gasteiger partial charge is 0.463 e. The van der Waals surface area contributed by atoms with E-state index in [9.17, 15) is 4.79 Å². The Labute approximate surface area is 92.5 Å². The Balaban J connectivity index is 3.94. The minimum atomic E-state index is -0.309. The third-order valence-corrected chi connectivity index (χ3v) is 2.25. The van der Waals surface area contributed by atoms with E-state index in [1.807, 2.05) is 0 Å². The summed E-state index contributed by atoms with van der Waals surface area (Å²) in [5.74, 6) is -0.309. The number of ether oxygens (including phenoxy) is 2. The molecule has 3 heteroatoms. The van der Waals surface area contributed by atoms with Crippen molar-refractivity contribution in [3.8, 4) is 0 Å². The molecule has 0 aliphatic heterocycles. The van der Waals surface area contributed by atoms with Gasteiger partial charge >= 0.3 is 5.97 Å². The van der Waals surface area contributed by atoms with Crippen LogP contribution in [0.2, 0.25) is 0 Å². The third kappa shape index (κ3) is 6.28. The number of rotatable bonds is 8. The molecule has 0 aromatic carbocycles. The van der Waals surface area contributed by atoms with E-state index in [1.165, 1.54) is 0 Å². The van der Waals surface area contributed by atoms with Crippen molar-refractivity contribution in [2.24, 2.45) is 0 Å². The molecule has 0 spiro atoms. The second-order valence-electron chi connectivity index (χ2n) is 3.53. The van der Waals surface area contributed by atoms with Crippen LogP contribution in [0.1, 0.15) is 39.5 Å². The number of unbranched alkanes of at least 4 members (excludes halogenated alkanes) is 1. The number of hydrogen-bond donors (Lipinski definition) is 0. The molecule has 3 nitrogen and oxygen atoms in total. The SMILES string of the molecule is C=C(CC(CCCC)OC)C(=O)OCC. The summed E-state index contributed by atoms with van der Waals surface area (Å²) >= 11 is 0. The van der Waals surface area contributed by atoms with Gasteiger partial charge < -0.3 is 9.47 Å². The molecule has 0 heterocycles. The van der Waals surface area contributed by atoms with Crippen LogP contribution >= 0.6 is 0 Å². The Morgan fingerprint density at radius 2 is 2.07 bits per heavy atom. The van der Waals surface area contributed by atoms with Crippen molar-refractivity contribution >= 4 is 5.97 Å². The first kappa shape index (κ1) is 14.2. The molecule has 0 aromatic rings. The number of esters is 1. The Morgan fingerprint density at radius 3 is 2.53 bits per heavy atom. The lowest BCUT2D eigenvalue weighted by Gasteiger charge is -2.15. The van der Waals surface area contributed by atoms with Crippen molar-refractivity contribution in [3.05, 3.63) is 12.2 Å². The second kappa shape index (κ2) is 8.48. The van der Waals surface area contributed by atoms with Gasteiger partial charge in [-0.15, -0.1) is 0 Å². The molecule has 88 valence electrons. The minimum Gasteiger partial charge on any atom is -0.463 e. The van der Waals surface area contributed by atoms with Crippen LogP contribution in [0.5, 0.6) is 0 Å². The van der Waals surface area contributed by atoms with Crippen LogP contribution in [0.4, 0.5) is 0 Å². The van der Waals surface area contributed by atoms with Crippen molar-refractivity contribution in [3.63, 3.8) is 0 Å². The first-order valence-corrected chi connectivity index (χ1v) is 5.53. The van der Waals surface area contributed by atoms with Crippen LogP contribution in [-0.4, -0.2) is 25.8 Å².